The first-order valence-corrected chi connectivity index (χ1v) is 10.5. The third kappa shape index (κ3) is 3.51. The molecule has 144 valence electrons. The van der Waals surface area contributed by atoms with Crippen LogP contribution >= 0.6 is 23.2 Å². The van der Waals surface area contributed by atoms with Gasteiger partial charge in [0.1, 0.15) is 0 Å². The Hall–Kier alpha value is -1.83. The number of hydrogen-bond donors (Lipinski definition) is 0. The SMILES string of the molecule is C=CCC1CCCC2=C1C(=O)N(COC(=O)c1c(Cl)cccc1Cl)S2(=O)=O. The van der Waals surface area contributed by atoms with Crippen molar-refractivity contribution in [3.05, 3.63) is 56.9 Å². The van der Waals surface area contributed by atoms with Gasteiger partial charge in [-0.3, -0.25) is 4.79 Å². The third-order valence-corrected chi connectivity index (χ3v) is 7.18. The van der Waals surface area contributed by atoms with Crippen LogP contribution in [0.5, 0.6) is 0 Å². The van der Waals surface area contributed by atoms with E-state index in [9.17, 15) is 18.0 Å². The lowest BCUT2D eigenvalue weighted by Gasteiger charge is -2.20. The van der Waals surface area contributed by atoms with Crippen molar-refractivity contribution >= 4 is 45.1 Å². The van der Waals surface area contributed by atoms with Gasteiger partial charge in [0.15, 0.2) is 6.73 Å². The van der Waals surface area contributed by atoms with Gasteiger partial charge < -0.3 is 4.74 Å². The number of halogens is 2. The van der Waals surface area contributed by atoms with Crippen LogP contribution in [0.3, 0.4) is 0 Å². The first-order valence-electron chi connectivity index (χ1n) is 8.31. The number of carbonyl (C=O) groups is 2. The standard InChI is InChI=1S/C18H17Cl2NO5S/c1-2-5-11-6-3-9-14-15(11)17(22)21(27(14,24)25)10-26-18(23)16-12(19)7-4-8-13(16)20/h2,4,7-8,11H,1,3,5-6,9-10H2. The van der Waals surface area contributed by atoms with Crippen molar-refractivity contribution in [1.82, 2.24) is 4.31 Å². The minimum atomic E-state index is -4.00. The predicted octanol–water partition coefficient (Wildman–Crippen LogP) is 3.91. The van der Waals surface area contributed by atoms with E-state index < -0.39 is 28.6 Å². The molecule has 1 atom stereocenters. The molecule has 6 nitrogen and oxygen atoms in total. The van der Waals surface area contributed by atoms with E-state index in [4.69, 9.17) is 27.9 Å². The summed E-state index contributed by atoms with van der Waals surface area (Å²) in [5.41, 5.74) is 0.208. The molecule has 2 aliphatic rings. The van der Waals surface area contributed by atoms with E-state index in [1.54, 1.807) is 12.1 Å². The highest BCUT2D eigenvalue weighted by molar-refractivity contribution is 7.94. The molecule has 1 amide bonds. The Kier molecular flexibility index (Phi) is 5.65. The van der Waals surface area contributed by atoms with Gasteiger partial charge in [-0.2, -0.15) is 4.31 Å². The maximum Gasteiger partial charge on any atom is 0.342 e. The van der Waals surface area contributed by atoms with Crippen molar-refractivity contribution in [1.29, 1.82) is 0 Å². The normalized spacial score (nSPS) is 21.2. The number of allylic oxidation sites excluding steroid dienone is 2. The lowest BCUT2D eigenvalue weighted by Crippen LogP contribution is -2.35. The highest BCUT2D eigenvalue weighted by atomic mass is 35.5. The molecule has 0 saturated heterocycles. The van der Waals surface area contributed by atoms with Crippen molar-refractivity contribution in [2.24, 2.45) is 5.92 Å². The molecule has 0 N–H and O–H groups in total. The van der Waals surface area contributed by atoms with Crippen LogP contribution in [-0.2, 0) is 19.6 Å². The Morgan fingerprint density at radius 1 is 1.33 bits per heavy atom. The van der Waals surface area contributed by atoms with E-state index in [2.05, 4.69) is 6.58 Å². The summed E-state index contributed by atoms with van der Waals surface area (Å²) in [6.07, 6.45) is 3.88. The largest absolute Gasteiger partial charge is 0.439 e. The van der Waals surface area contributed by atoms with Crippen LogP contribution < -0.4 is 0 Å². The zero-order chi connectivity index (χ0) is 19.8. The molecule has 0 aromatic heterocycles. The first-order chi connectivity index (χ1) is 12.8. The highest BCUT2D eigenvalue weighted by Gasteiger charge is 2.47. The minimum absolute atomic E-state index is 0.0755. The summed E-state index contributed by atoms with van der Waals surface area (Å²) in [6, 6.07) is 4.48. The lowest BCUT2D eigenvalue weighted by atomic mass is 9.85. The van der Waals surface area contributed by atoms with Crippen LogP contribution in [-0.4, -0.2) is 31.3 Å². The van der Waals surface area contributed by atoms with E-state index in [0.717, 1.165) is 6.42 Å². The number of carbonyl (C=O) groups excluding carboxylic acids is 2. The number of sulfonamides is 1. The third-order valence-electron chi connectivity index (χ3n) is 4.65. The zero-order valence-corrected chi connectivity index (χ0v) is 16.6. The van der Waals surface area contributed by atoms with Gasteiger partial charge in [0, 0.05) is 5.57 Å². The minimum Gasteiger partial charge on any atom is -0.439 e. The van der Waals surface area contributed by atoms with Gasteiger partial charge >= 0.3 is 5.97 Å². The predicted molar refractivity (Wildman–Crippen MR) is 102 cm³/mol. The van der Waals surface area contributed by atoms with Crippen molar-refractivity contribution in [3.63, 3.8) is 0 Å². The highest BCUT2D eigenvalue weighted by Crippen LogP contribution is 2.42. The molecule has 0 spiro atoms. The van der Waals surface area contributed by atoms with E-state index in [1.165, 1.54) is 12.1 Å². The second-order valence-electron chi connectivity index (χ2n) is 6.27. The van der Waals surface area contributed by atoms with Crippen LogP contribution in [0, 0.1) is 5.92 Å². The maximum atomic E-state index is 12.7. The summed E-state index contributed by atoms with van der Waals surface area (Å²) in [5.74, 6) is -1.73. The number of esters is 1. The molecule has 1 aliphatic heterocycles. The molecule has 0 saturated carbocycles. The molecule has 1 aliphatic carbocycles. The molecule has 9 heteroatoms. The second kappa shape index (κ2) is 7.66. The molecule has 27 heavy (non-hydrogen) atoms. The number of benzene rings is 1. The van der Waals surface area contributed by atoms with Gasteiger partial charge in [-0.05, 0) is 43.7 Å². The summed E-state index contributed by atoms with van der Waals surface area (Å²) in [6.45, 7) is 2.94. The number of amides is 1. The fourth-order valence-electron chi connectivity index (χ4n) is 3.40. The van der Waals surface area contributed by atoms with Gasteiger partial charge in [-0.15, -0.1) is 6.58 Å². The summed E-state index contributed by atoms with van der Waals surface area (Å²) >= 11 is 11.9. The number of rotatable bonds is 5. The number of nitrogens with zero attached hydrogens (tertiary/aromatic N) is 1. The Morgan fingerprint density at radius 2 is 2.00 bits per heavy atom. The van der Waals surface area contributed by atoms with Crippen molar-refractivity contribution in [2.45, 2.75) is 25.7 Å². The van der Waals surface area contributed by atoms with Gasteiger partial charge in [-0.25, -0.2) is 13.2 Å². The molecule has 3 rings (SSSR count). The zero-order valence-electron chi connectivity index (χ0n) is 14.3. The fourth-order valence-corrected chi connectivity index (χ4v) is 5.66. The molecule has 1 unspecified atom stereocenters. The van der Waals surface area contributed by atoms with Crippen molar-refractivity contribution in [2.75, 3.05) is 6.73 Å². The average Bonchev–Trinajstić information content (AvgIpc) is 2.80. The smallest absolute Gasteiger partial charge is 0.342 e. The Balaban J connectivity index is 1.82. The van der Waals surface area contributed by atoms with Crippen LogP contribution in [0.1, 0.15) is 36.0 Å². The van der Waals surface area contributed by atoms with Gasteiger partial charge in [0.25, 0.3) is 15.9 Å². The van der Waals surface area contributed by atoms with E-state index in [0.29, 0.717) is 23.6 Å². The van der Waals surface area contributed by atoms with Gasteiger partial charge in [-0.1, -0.05) is 35.3 Å². The summed E-state index contributed by atoms with van der Waals surface area (Å²) in [4.78, 5) is 25.1. The van der Waals surface area contributed by atoms with Crippen LogP contribution in [0.25, 0.3) is 0 Å². The topological polar surface area (TPSA) is 80.8 Å². The average molecular weight is 430 g/mol. The van der Waals surface area contributed by atoms with Crippen LogP contribution in [0.15, 0.2) is 41.3 Å². The van der Waals surface area contributed by atoms with Crippen LogP contribution in [0.2, 0.25) is 10.0 Å². The fraction of sp³-hybridized carbons (Fsp3) is 0.333. The Labute approximate surface area is 167 Å². The molecule has 1 heterocycles. The molecular formula is C18H17Cl2NO5S. The summed E-state index contributed by atoms with van der Waals surface area (Å²) < 4.78 is 31.1. The number of ether oxygens (including phenoxy) is 1. The molecule has 1 aromatic carbocycles. The first kappa shape index (κ1) is 19.9. The molecular weight excluding hydrogens is 413 g/mol. The maximum absolute atomic E-state index is 12.7. The van der Waals surface area contributed by atoms with E-state index in [-0.39, 0.29) is 32.0 Å². The van der Waals surface area contributed by atoms with E-state index in [1.807, 2.05) is 0 Å². The molecule has 0 fully saturated rings. The van der Waals surface area contributed by atoms with Crippen molar-refractivity contribution < 1.29 is 22.7 Å². The van der Waals surface area contributed by atoms with Gasteiger partial charge in [0.05, 0.1) is 20.5 Å². The number of hydrogen-bond acceptors (Lipinski definition) is 5. The summed E-state index contributed by atoms with van der Waals surface area (Å²) in [7, 11) is -4.00. The van der Waals surface area contributed by atoms with Crippen LogP contribution in [0.4, 0.5) is 0 Å². The lowest BCUT2D eigenvalue weighted by molar-refractivity contribution is -0.125. The molecule has 1 aromatic rings. The molecule has 0 radical (unpaired) electrons. The Morgan fingerprint density at radius 3 is 2.63 bits per heavy atom. The monoisotopic (exact) mass is 429 g/mol. The van der Waals surface area contributed by atoms with Gasteiger partial charge in [0.2, 0.25) is 0 Å². The second-order valence-corrected chi connectivity index (χ2v) is 8.96. The van der Waals surface area contributed by atoms with Crippen molar-refractivity contribution in [3.8, 4) is 0 Å². The summed E-state index contributed by atoms with van der Waals surface area (Å²) in [5, 5.41) is 0.151. The quantitative estimate of drug-likeness (QED) is 0.523. The van der Waals surface area contributed by atoms with E-state index >= 15 is 0 Å². The Bertz CT molecular complexity index is 934. The molecule has 0 bridgehead atoms.